The van der Waals surface area contributed by atoms with Crippen molar-refractivity contribution in [2.24, 2.45) is 0 Å². The molecule has 0 aliphatic carbocycles. The molecule has 0 amide bonds. The predicted molar refractivity (Wildman–Crippen MR) is 69.0 cm³/mol. The largest absolute Gasteiger partial charge is 0.316 e. The number of halogens is 2. The van der Waals surface area contributed by atoms with Crippen LogP contribution in [0.25, 0.3) is 0 Å². The van der Waals surface area contributed by atoms with E-state index in [0.717, 1.165) is 15.1 Å². The standard InChI is InChI=1S/C11H13ClIN/c12-10-4-3-8(6-11(10)13)9-2-1-5-14-7-9/h3-4,6,9,14H,1-2,5,7H2/t9-/m1/s1. The summed E-state index contributed by atoms with van der Waals surface area (Å²) in [5, 5.41) is 4.29. The van der Waals surface area contributed by atoms with Crippen molar-refractivity contribution in [1.29, 1.82) is 0 Å². The van der Waals surface area contributed by atoms with Gasteiger partial charge in [0, 0.05) is 10.1 Å². The Hall–Kier alpha value is 0.200. The lowest BCUT2D eigenvalue weighted by Crippen LogP contribution is -2.28. The molecular formula is C11H13ClIN. The van der Waals surface area contributed by atoms with Crippen LogP contribution in [0, 0.1) is 3.57 Å². The highest BCUT2D eigenvalue weighted by atomic mass is 127. The van der Waals surface area contributed by atoms with Crippen molar-refractivity contribution in [3.05, 3.63) is 32.4 Å². The van der Waals surface area contributed by atoms with E-state index >= 15 is 0 Å². The first-order chi connectivity index (χ1) is 6.77. The van der Waals surface area contributed by atoms with Gasteiger partial charge in [-0.3, -0.25) is 0 Å². The Kier molecular flexibility index (Phi) is 3.68. The summed E-state index contributed by atoms with van der Waals surface area (Å²) in [5.74, 6) is 0.675. The third kappa shape index (κ3) is 2.41. The van der Waals surface area contributed by atoms with E-state index in [1.165, 1.54) is 24.9 Å². The van der Waals surface area contributed by atoms with E-state index < -0.39 is 0 Å². The Morgan fingerprint density at radius 1 is 1.43 bits per heavy atom. The molecule has 1 aliphatic heterocycles. The minimum absolute atomic E-state index is 0.675. The number of rotatable bonds is 1. The van der Waals surface area contributed by atoms with Crippen LogP contribution in [0.15, 0.2) is 18.2 Å². The zero-order valence-electron chi connectivity index (χ0n) is 7.89. The maximum Gasteiger partial charge on any atom is 0.0539 e. The molecular weight excluding hydrogens is 308 g/mol. The Balaban J connectivity index is 2.18. The average molecular weight is 322 g/mol. The lowest BCUT2D eigenvalue weighted by molar-refractivity contribution is 0.461. The maximum absolute atomic E-state index is 6.00. The van der Waals surface area contributed by atoms with Crippen LogP contribution in [0.1, 0.15) is 24.3 Å². The second-order valence-electron chi connectivity index (χ2n) is 3.72. The number of hydrogen-bond donors (Lipinski definition) is 1. The summed E-state index contributed by atoms with van der Waals surface area (Å²) < 4.78 is 1.16. The number of nitrogens with one attached hydrogen (secondary N) is 1. The summed E-state index contributed by atoms with van der Waals surface area (Å²) in [6.45, 7) is 2.28. The fraction of sp³-hybridized carbons (Fsp3) is 0.455. The summed E-state index contributed by atoms with van der Waals surface area (Å²) in [4.78, 5) is 0. The van der Waals surface area contributed by atoms with Crippen molar-refractivity contribution in [2.45, 2.75) is 18.8 Å². The first-order valence-corrected chi connectivity index (χ1v) is 6.38. The topological polar surface area (TPSA) is 12.0 Å². The highest BCUT2D eigenvalue weighted by Crippen LogP contribution is 2.27. The lowest BCUT2D eigenvalue weighted by atomic mass is 9.92. The summed E-state index contributed by atoms with van der Waals surface area (Å²) >= 11 is 8.29. The Morgan fingerprint density at radius 3 is 2.93 bits per heavy atom. The molecule has 1 N–H and O–H groups in total. The molecule has 0 unspecified atom stereocenters. The summed E-state index contributed by atoms with van der Waals surface area (Å²) in [6.07, 6.45) is 2.58. The van der Waals surface area contributed by atoms with Crippen molar-refractivity contribution in [3.63, 3.8) is 0 Å². The van der Waals surface area contributed by atoms with Gasteiger partial charge < -0.3 is 5.32 Å². The first-order valence-electron chi connectivity index (χ1n) is 4.93. The molecule has 1 nitrogen and oxygen atoms in total. The van der Waals surface area contributed by atoms with Gasteiger partial charge in [0.2, 0.25) is 0 Å². The lowest BCUT2D eigenvalue weighted by Gasteiger charge is -2.23. The van der Waals surface area contributed by atoms with Crippen molar-refractivity contribution in [1.82, 2.24) is 5.32 Å². The molecule has 1 aromatic carbocycles. The molecule has 14 heavy (non-hydrogen) atoms. The quantitative estimate of drug-likeness (QED) is 0.782. The van der Waals surface area contributed by atoms with E-state index in [-0.39, 0.29) is 0 Å². The zero-order valence-corrected chi connectivity index (χ0v) is 10.8. The van der Waals surface area contributed by atoms with E-state index in [1.807, 2.05) is 6.07 Å². The van der Waals surface area contributed by atoms with Crippen molar-refractivity contribution >= 4 is 34.2 Å². The third-order valence-electron chi connectivity index (χ3n) is 2.71. The fourth-order valence-electron chi connectivity index (χ4n) is 1.90. The van der Waals surface area contributed by atoms with Gasteiger partial charge in [-0.05, 0) is 65.6 Å². The molecule has 2 rings (SSSR count). The van der Waals surface area contributed by atoms with Crippen LogP contribution >= 0.6 is 34.2 Å². The molecule has 1 fully saturated rings. The van der Waals surface area contributed by atoms with Gasteiger partial charge in [-0.2, -0.15) is 0 Å². The van der Waals surface area contributed by atoms with Gasteiger partial charge in [0.05, 0.1) is 5.02 Å². The van der Waals surface area contributed by atoms with E-state index in [4.69, 9.17) is 11.6 Å². The minimum atomic E-state index is 0.675. The zero-order chi connectivity index (χ0) is 9.97. The second-order valence-corrected chi connectivity index (χ2v) is 5.29. The van der Waals surface area contributed by atoms with Gasteiger partial charge >= 0.3 is 0 Å². The first kappa shape index (κ1) is 10.7. The molecule has 0 saturated carbocycles. The molecule has 0 aromatic heterocycles. The third-order valence-corrected chi connectivity index (χ3v) is 4.25. The number of piperidine rings is 1. The SMILES string of the molecule is Clc1ccc([C@@H]2CCCNC2)cc1I. The maximum atomic E-state index is 6.00. The van der Waals surface area contributed by atoms with Crippen LogP contribution in [-0.4, -0.2) is 13.1 Å². The highest BCUT2D eigenvalue weighted by molar-refractivity contribution is 14.1. The second kappa shape index (κ2) is 4.81. The molecule has 3 heteroatoms. The van der Waals surface area contributed by atoms with Crippen LogP contribution in [0.5, 0.6) is 0 Å². The van der Waals surface area contributed by atoms with Crippen LogP contribution < -0.4 is 5.32 Å². The molecule has 1 aromatic rings. The monoisotopic (exact) mass is 321 g/mol. The van der Waals surface area contributed by atoms with E-state index in [0.29, 0.717) is 5.92 Å². The average Bonchev–Trinajstić information content (AvgIpc) is 2.23. The Morgan fingerprint density at radius 2 is 2.29 bits per heavy atom. The van der Waals surface area contributed by atoms with Crippen LogP contribution in [-0.2, 0) is 0 Å². The van der Waals surface area contributed by atoms with Gasteiger partial charge in [-0.1, -0.05) is 17.7 Å². The van der Waals surface area contributed by atoms with E-state index in [1.54, 1.807) is 0 Å². The van der Waals surface area contributed by atoms with Crippen LogP contribution in [0.4, 0.5) is 0 Å². The highest BCUT2D eigenvalue weighted by Gasteiger charge is 2.15. The van der Waals surface area contributed by atoms with Gasteiger partial charge in [0.25, 0.3) is 0 Å². The van der Waals surface area contributed by atoms with Crippen LogP contribution in [0.3, 0.4) is 0 Å². The smallest absolute Gasteiger partial charge is 0.0539 e. The van der Waals surface area contributed by atoms with Gasteiger partial charge in [0.1, 0.15) is 0 Å². The van der Waals surface area contributed by atoms with Gasteiger partial charge in [-0.25, -0.2) is 0 Å². The summed E-state index contributed by atoms with van der Waals surface area (Å²) in [7, 11) is 0. The number of hydrogen-bond acceptors (Lipinski definition) is 1. The summed E-state index contributed by atoms with van der Waals surface area (Å²) in [6, 6.07) is 6.37. The normalized spacial score (nSPS) is 22.3. The van der Waals surface area contributed by atoms with Gasteiger partial charge in [-0.15, -0.1) is 0 Å². The molecule has 1 saturated heterocycles. The Labute approximate surface area is 103 Å². The molecule has 76 valence electrons. The number of benzene rings is 1. The molecule has 1 aliphatic rings. The Bertz CT molecular complexity index is 321. The minimum Gasteiger partial charge on any atom is -0.316 e. The summed E-state index contributed by atoms with van der Waals surface area (Å²) in [5.41, 5.74) is 1.42. The molecule has 1 heterocycles. The van der Waals surface area contributed by atoms with Crippen molar-refractivity contribution in [3.8, 4) is 0 Å². The van der Waals surface area contributed by atoms with E-state index in [2.05, 4.69) is 40.0 Å². The predicted octanol–water partition coefficient (Wildman–Crippen LogP) is 3.41. The molecule has 1 atom stereocenters. The molecule has 0 spiro atoms. The van der Waals surface area contributed by atoms with Crippen molar-refractivity contribution < 1.29 is 0 Å². The molecule has 0 radical (unpaired) electrons. The van der Waals surface area contributed by atoms with Gasteiger partial charge in [0.15, 0.2) is 0 Å². The van der Waals surface area contributed by atoms with Crippen molar-refractivity contribution in [2.75, 3.05) is 13.1 Å². The molecule has 0 bridgehead atoms. The van der Waals surface area contributed by atoms with Crippen LogP contribution in [0.2, 0.25) is 5.02 Å². The fourth-order valence-corrected chi connectivity index (χ4v) is 2.56. The van der Waals surface area contributed by atoms with E-state index in [9.17, 15) is 0 Å².